The summed E-state index contributed by atoms with van der Waals surface area (Å²) in [7, 11) is 0. The normalized spacial score (nSPS) is 10.8. The Balaban J connectivity index is 1.56. The van der Waals surface area contributed by atoms with Crippen molar-refractivity contribution < 1.29 is 23.5 Å². The van der Waals surface area contributed by atoms with Gasteiger partial charge < -0.3 is 10.4 Å². The number of rotatable bonds is 5. The molecule has 0 fully saturated rings. The van der Waals surface area contributed by atoms with Gasteiger partial charge in [0.15, 0.2) is 0 Å². The Morgan fingerprint density at radius 3 is 2.31 bits per heavy atom. The zero-order valence-electron chi connectivity index (χ0n) is 17.9. The molecule has 0 aromatic heterocycles. The van der Waals surface area contributed by atoms with Crippen LogP contribution in [0.2, 0.25) is 0 Å². The largest absolute Gasteiger partial charge is 0.507 e. The second kappa shape index (κ2) is 9.80. The van der Waals surface area contributed by atoms with Gasteiger partial charge in [0.1, 0.15) is 23.5 Å². The summed E-state index contributed by atoms with van der Waals surface area (Å²) in [6.07, 6.45) is 1.42. The summed E-state index contributed by atoms with van der Waals surface area (Å²) in [4.78, 5) is 24.9. The lowest BCUT2D eigenvalue weighted by molar-refractivity contribution is 0.0954. The molecule has 0 aliphatic carbocycles. The predicted molar refractivity (Wildman–Crippen MR) is 126 cm³/mol. The number of phenols is 1. The third-order valence-corrected chi connectivity index (χ3v) is 5.08. The van der Waals surface area contributed by atoms with E-state index in [0.29, 0.717) is 28.1 Å². The molecule has 9 heteroatoms. The highest BCUT2D eigenvalue weighted by Gasteiger charge is 2.13. The van der Waals surface area contributed by atoms with E-state index in [1.165, 1.54) is 24.4 Å². The van der Waals surface area contributed by atoms with Gasteiger partial charge >= 0.3 is 0 Å². The molecule has 0 bridgehead atoms. The smallest absolute Gasteiger partial charge is 0.271 e. The first-order valence-corrected chi connectivity index (χ1v) is 10.2. The summed E-state index contributed by atoms with van der Waals surface area (Å²) in [5.41, 5.74) is 3.36. The highest BCUT2D eigenvalue weighted by Crippen LogP contribution is 2.26. The lowest BCUT2D eigenvalue weighted by Gasteiger charge is -2.11. The van der Waals surface area contributed by atoms with Gasteiger partial charge in [-0.25, -0.2) is 14.2 Å². The summed E-state index contributed by atoms with van der Waals surface area (Å²) in [5, 5.41) is 26.5. The number of benzene rings is 4. The van der Waals surface area contributed by atoms with Crippen LogP contribution >= 0.6 is 0 Å². The number of amides is 2. The molecule has 0 saturated heterocycles. The first-order chi connectivity index (χ1) is 16.9. The van der Waals surface area contributed by atoms with Crippen molar-refractivity contribution >= 4 is 34.5 Å². The van der Waals surface area contributed by atoms with E-state index in [4.69, 9.17) is 5.26 Å². The van der Waals surface area contributed by atoms with Crippen molar-refractivity contribution in [2.24, 2.45) is 5.10 Å². The molecular weight excluding hydrogens is 454 g/mol. The Kier molecular flexibility index (Phi) is 6.46. The quantitative estimate of drug-likeness (QED) is 0.289. The van der Waals surface area contributed by atoms with E-state index in [9.17, 15) is 23.5 Å². The van der Waals surface area contributed by atoms with E-state index in [1.54, 1.807) is 42.5 Å². The van der Waals surface area contributed by atoms with Crippen molar-refractivity contribution in [1.29, 1.82) is 5.26 Å². The summed E-state index contributed by atoms with van der Waals surface area (Å²) in [5.74, 6) is -3.19. The third kappa shape index (κ3) is 5.12. The van der Waals surface area contributed by atoms with Crippen LogP contribution in [-0.4, -0.2) is 23.1 Å². The molecular formula is C26H16F2N4O3. The van der Waals surface area contributed by atoms with Gasteiger partial charge in [-0.3, -0.25) is 9.59 Å². The van der Waals surface area contributed by atoms with E-state index in [2.05, 4.69) is 15.8 Å². The van der Waals surface area contributed by atoms with Crippen molar-refractivity contribution in [3.63, 3.8) is 0 Å². The van der Waals surface area contributed by atoms with Gasteiger partial charge in [0.05, 0.1) is 11.8 Å². The van der Waals surface area contributed by atoms with Crippen LogP contribution in [0.3, 0.4) is 0 Å². The first-order valence-electron chi connectivity index (χ1n) is 10.2. The molecule has 3 N–H and O–H groups in total. The van der Waals surface area contributed by atoms with Gasteiger partial charge in [0.2, 0.25) is 0 Å². The highest BCUT2D eigenvalue weighted by molar-refractivity contribution is 6.12. The van der Waals surface area contributed by atoms with E-state index in [1.807, 2.05) is 0 Å². The number of hydrogen-bond donors (Lipinski definition) is 3. The average molecular weight is 470 g/mol. The number of anilines is 1. The summed E-state index contributed by atoms with van der Waals surface area (Å²) < 4.78 is 27.0. The summed E-state index contributed by atoms with van der Waals surface area (Å²) >= 11 is 0. The molecule has 4 aromatic carbocycles. The second-order valence-electron chi connectivity index (χ2n) is 7.40. The van der Waals surface area contributed by atoms with Crippen molar-refractivity contribution in [2.75, 3.05) is 5.32 Å². The zero-order valence-corrected chi connectivity index (χ0v) is 17.9. The molecule has 0 unspecified atom stereocenters. The summed E-state index contributed by atoms with van der Waals surface area (Å²) in [6.45, 7) is 0. The number of fused-ring (bicyclic) bond motifs is 1. The van der Waals surface area contributed by atoms with Crippen LogP contribution in [0.4, 0.5) is 14.5 Å². The monoisotopic (exact) mass is 470 g/mol. The molecule has 0 radical (unpaired) electrons. The number of aromatic hydroxyl groups is 1. The van der Waals surface area contributed by atoms with Crippen LogP contribution in [0.1, 0.15) is 31.8 Å². The van der Waals surface area contributed by atoms with E-state index in [0.717, 1.165) is 12.1 Å². The Bertz CT molecular complexity index is 1520. The zero-order chi connectivity index (χ0) is 24.9. The van der Waals surface area contributed by atoms with Crippen LogP contribution in [0.25, 0.3) is 10.8 Å². The number of nitriles is 1. The minimum atomic E-state index is -0.857. The van der Waals surface area contributed by atoms with Crippen molar-refractivity contribution in [3.8, 4) is 11.8 Å². The molecule has 4 aromatic rings. The second-order valence-corrected chi connectivity index (χ2v) is 7.40. The summed E-state index contributed by atoms with van der Waals surface area (Å²) in [6, 6.07) is 18.6. The van der Waals surface area contributed by atoms with E-state index in [-0.39, 0.29) is 22.4 Å². The maximum absolute atomic E-state index is 13.5. The minimum absolute atomic E-state index is 0.0359. The van der Waals surface area contributed by atoms with Crippen molar-refractivity contribution in [1.82, 2.24) is 5.43 Å². The Hall–Kier alpha value is -5.10. The Labute approximate surface area is 197 Å². The molecule has 0 spiro atoms. The lowest BCUT2D eigenvalue weighted by atomic mass is 10.0. The topological polar surface area (TPSA) is 115 Å². The fraction of sp³-hybridized carbons (Fsp3) is 0. The minimum Gasteiger partial charge on any atom is -0.507 e. The molecule has 7 nitrogen and oxygen atoms in total. The van der Waals surface area contributed by atoms with Crippen LogP contribution in [0.15, 0.2) is 77.9 Å². The fourth-order valence-corrected chi connectivity index (χ4v) is 3.42. The Morgan fingerprint density at radius 1 is 0.886 bits per heavy atom. The number of phenolic OH excluding ortho intramolecular Hbond substituents is 1. The third-order valence-electron chi connectivity index (χ3n) is 5.08. The number of carbonyl (C=O) groups excluding carboxylic acids is 2. The fourth-order valence-electron chi connectivity index (χ4n) is 3.42. The van der Waals surface area contributed by atoms with Crippen molar-refractivity contribution in [2.45, 2.75) is 0 Å². The van der Waals surface area contributed by atoms with E-state index < -0.39 is 23.4 Å². The van der Waals surface area contributed by atoms with Gasteiger partial charge in [-0.1, -0.05) is 30.3 Å². The van der Waals surface area contributed by atoms with Crippen LogP contribution in [-0.2, 0) is 0 Å². The molecule has 0 aliphatic heterocycles. The molecule has 0 saturated carbocycles. The number of halogens is 2. The van der Waals surface area contributed by atoms with Crippen LogP contribution in [0, 0.1) is 23.0 Å². The van der Waals surface area contributed by atoms with Gasteiger partial charge in [-0.05, 0) is 41.8 Å². The number of nitrogens with one attached hydrogen (secondary N) is 2. The van der Waals surface area contributed by atoms with E-state index >= 15 is 0 Å². The lowest BCUT2D eigenvalue weighted by Crippen LogP contribution is -2.17. The number of hydrogen-bond acceptors (Lipinski definition) is 5. The van der Waals surface area contributed by atoms with Crippen molar-refractivity contribution in [3.05, 3.63) is 107 Å². The molecule has 172 valence electrons. The predicted octanol–water partition coefficient (Wildman–Crippen LogP) is 4.71. The van der Waals surface area contributed by atoms with Crippen LogP contribution in [0.5, 0.6) is 5.75 Å². The molecule has 35 heavy (non-hydrogen) atoms. The number of hydrazone groups is 1. The molecule has 0 aliphatic rings. The Morgan fingerprint density at radius 2 is 1.60 bits per heavy atom. The molecule has 0 atom stereocenters. The maximum Gasteiger partial charge on any atom is 0.271 e. The standard InChI is InChI=1S/C26H16F2N4O3/c27-19-10-17(11-20(28)12-19)25(34)31-23-7-5-16(21-3-1-2-4-22(21)23)14-30-32-26(35)15-6-8-24(33)18(9-15)13-29/h1-12,14,33H,(H,31,34)(H,32,35). The van der Waals surface area contributed by atoms with Gasteiger partial charge in [0, 0.05) is 33.8 Å². The maximum atomic E-state index is 13.5. The van der Waals surface area contributed by atoms with Crippen LogP contribution < -0.4 is 10.7 Å². The van der Waals surface area contributed by atoms with Gasteiger partial charge in [0.25, 0.3) is 11.8 Å². The average Bonchev–Trinajstić information content (AvgIpc) is 2.84. The number of carbonyl (C=O) groups is 2. The SMILES string of the molecule is N#Cc1cc(C(=O)NN=Cc2ccc(NC(=O)c3cc(F)cc(F)c3)c3ccccc23)ccc1O. The molecule has 2 amide bonds. The van der Waals surface area contributed by atoms with Gasteiger partial charge in [-0.2, -0.15) is 10.4 Å². The highest BCUT2D eigenvalue weighted by atomic mass is 19.1. The van der Waals surface area contributed by atoms with Gasteiger partial charge in [-0.15, -0.1) is 0 Å². The molecule has 4 rings (SSSR count). The number of nitrogens with zero attached hydrogens (tertiary/aromatic N) is 2. The first kappa shape index (κ1) is 23.1. The molecule has 0 heterocycles.